The van der Waals surface area contributed by atoms with Gasteiger partial charge in [-0.15, -0.1) is 0 Å². The van der Waals surface area contributed by atoms with Crippen LogP contribution in [0.3, 0.4) is 0 Å². The van der Waals surface area contributed by atoms with E-state index in [1.54, 1.807) is 0 Å². The molecule has 43 heavy (non-hydrogen) atoms. The van der Waals surface area contributed by atoms with E-state index in [4.69, 9.17) is 14.4 Å². The lowest BCUT2D eigenvalue weighted by Gasteiger charge is -2.23. The molecule has 1 atom stereocenters. The number of fused-ring (bicyclic) bond motifs is 3. The third-order valence-electron chi connectivity index (χ3n) is 7.96. The summed E-state index contributed by atoms with van der Waals surface area (Å²) in [4.78, 5) is 10.1. The van der Waals surface area contributed by atoms with Crippen molar-refractivity contribution in [3.8, 4) is 22.3 Å². The molecule has 8 rings (SSSR count). The van der Waals surface area contributed by atoms with Gasteiger partial charge in [0.1, 0.15) is 23.2 Å². The molecule has 1 aromatic heterocycles. The zero-order valence-corrected chi connectivity index (χ0v) is 23.3. The second kappa shape index (κ2) is 10.6. The van der Waals surface area contributed by atoms with Crippen LogP contribution in [0.25, 0.3) is 44.2 Å². The van der Waals surface area contributed by atoms with Crippen molar-refractivity contribution in [3.05, 3.63) is 168 Å². The molecule has 0 spiro atoms. The average molecular weight is 554 g/mol. The maximum Gasteiger partial charge on any atom is 0.159 e. The summed E-state index contributed by atoms with van der Waals surface area (Å²) in [6, 6.07) is 52.2. The van der Waals surface area contributed by atoms with Crippen molar-refractivity contribution in [2.45, 2.75) is 6.17 Å². The van der Waals surface area contributed by atoms with Crippen LogP contribution in [0.1, 0.15) is 22.9 Å². The van der Waals surface area contributed by atoms with Gasteiger partial charge in [-0.25, -0.2) is 9.98 Å². The third kappa shape index (κ3) is 4.69. The standard InChI is InChI=1S/C39H27N3O/c1-4-11-26(12-5-1)27-19-21-30(22-20-27)38-40-37(29-15-8-3-9-16-29)41-39(42-38)31-23-24-34-33(25-31)36-32(17-10-18-35(36)43-34)28-13-6-2-7-14-28/h1-25,37H,(H,40,41,42). The minimum Gasteiger partial charge on any atom is -0.456 e. The van der Waals surface area contributed by atoms with Gasteiger partial charge < -0.3 is 9.73 Å². The van der Waals surface area contributed by atoms with Gasteiger partial charge in [0.25, 0.3) is 0 Å². The quantitative estimate of drug-likeness (QED) is 0.231. The molecule has 4 heteroatoms. The SMILES string of the molecule is c1ccc(-c2ccc(C3=NC(c4ccccc4)NC(c4ccc5oc6cccc(-c7ccccc7)c6c5c4)=N3)cc2)cc1. The van der Waals surface area contributed by atoms with Crippen molar-refractivity contribution < 1.29 is 4.42 Å². The summed E-state index contributed by atoms with van der Waals surface area (Å²) in [6.07, 6.45) is -0.269. The van der Waals surface area contributed by atoms with E-state index in [9.17, 15) is 0 Å². The molecule has 2 heterocycles. The Morgan fingerprint density at radius 2 is 1.14 bits per heavy atom. The van der Waals surface area contributed by atoms with E-state index in [1.807, 2.05) is 42.5 Å². The molecular weight excluding hydrogens is 526 g/mol. The Bertz CT molecular complexity index is 2130. The highest BCUT2D eigenvalue weighted by Crippen LogP contribution is 2.37. The van der Waals surface area contributed by atoms with E-state index in [0.717, 1.165) is 61.2 Å². The predicted molar refractivity (Wildman–Crippen MR) is 176 cm³/mol. The van der Waals surface area contributed by atoms with Crippen LogP contribution < -0.4 is 5.32 Å². The smallest absolute Gasteiger partial charge is 0.159 e. The number of furan rings is 1. The molecule has 1 unspecified atom stereocenters. The number of aliphatic imine (C=N–C) groups is 2. The Balaban J connectivity index is 1.24. The molecule has 1 aliphatic heterocycles. The highest BCUT2D eigenvalue weighted by atomic mass is 16.3. The first-order chi connectivity index (χ1) is 21.3. The molecule has 0 aliphatic carbocycles. The summed E-state index contributed by atoms with van der Waals surface area (Å²) in [7, 11) is 0. The number of hydrogen-bond acceptors (Lipinski definition) is 4. The second-order valence-corrected chi connectivity index (χ2v) is 10.7. The zero-order valence-electron chi connectivity index (χ0n) is 23.3. The molecule has 0 radical (unpaired) electrons. The number of amidine groups is 2. The van der Waals surface area contributed by atoms with Gasteiger partial charge >= 0.3 is 0 Å². The van der Waals surface area contributed by atoms with Crippen LogP contribution in [0.5, 0.6) is 0 Å². The van der Waals surface area contributed by atoms with Crippen LogP contribution in [0.4, 0.5) is 0 Å². The summed E-state index contributed by atoms with van der Waals surface area (Å²) in [5.41, 5.74) is 9.40. The van der Waals surface area contributed by atoms with E-state index in [-0.39, 0.29) is 6.17 Å². The maximum atomic E-state index is 6.30. The van der Waals surface area contributed by atoms with E-state index >= 15 is 0 Å². The normalized spacial score (nSPS) is 14.7. The van der Waals surface area contributed by atoms with Crippen molar-refractivity contribution in [2.24, 2.45) is 9.98 Å². The Kier molecular flexibility index (Phi) is 6.16. The molecule has 6 aromatic carbocycles. The minimum atomic E-state index is -0.269. The van der Waals surface area contributed by atoms with Gasteiger partial charge in [0.05, 0.1) is 0 Å². The van der Waals surface area contributed by atoms with Crippen LogP contribution in [0, 0.1) is 0 Å². The van der Waals surface area contributed by atoms with Crippen molar-refractivity contribution in [1.82, 2.24) is 5.32 Å². The zero-order chi connectivity index (χ0) is 28.6. The highest BCUT2D eigenvalue weighted by molar-refractivity contribution is 6.17. The van der Waals surface area contributed by atoms with E-state index in [1.165, 1.54) is 5.56 Å². The molecule has 204 valence electrons. The first kappa shape index (κ1) is 25.0. The predicted octanol–water partition coefficient (Wildman–Crippen LogP) is 9.42. The third-order valence-corrected chi connectivity index (χ3v) is 7.96. The Labute approximate surface area is 249 Å². The number of nitrogens with one attached hydrogen (secondary N) is 1. The van der Waals surface area contributed by atoms with Gasteiger partial charge in [-0.05, 0) is 52.1 Å². The van der Waals surface area contributed by atoms with Gasteiger partial charge in [-0.2, -0.15) is 0 Å². The molecule has 4 nitrogen and oxygen atoms in total. The molecule has 0 saturated heterocycles. The molecular formula is C39H27N3O. The molecule has 0 bridgehead atoms. The van der Waals surface area contributed by atoms with Gasteiger partial charge in [0.2, 0.25) is 0 Å². The molecule has 7 aromatic rings. The minimum absolute atomic E-state index is 0.269. The largest absolute Gasteiger partial charge is 0.456 e. The van der Waals surface area contributed by atoms with Crippen LogP contribution in [0.15, 0.2) is 166 Å². The lowest BCUT2D eigenvalue weighted by Crippen LogP contribution is -2.33. The van der Waals surface area contributed by atoms with Gasteiger partial charge in [0.15, 0.2) is 5.84 Å². The van der Waals surface area contributed by atoms with Gasteiger partial charge in [-0.1, -0.05) is 127 Å². The number of hydrogen-bond donors (Lipinski definition) is 1. The van der Waals surface area contributed by atoms with Crippen LogP contribution in [-0.4, -0.2) is 11.7 Å². The molecule has 0 fully saturated rings. The fourth-order valence-electron chi connectivity index (χ4n) is 5.81. The van der Waals surface area contributed by atoms with Crippen molar-refractivity contribution >= 4 is 33.6 Å². The fourth-order valence-corrected chi connectivity index (χ4v) is 5.81. The molecule has 1 N–H and O–H groups in total. The van der Waals surface area contributed by atoms with Crippen molar-refractivity contribution in [1.29, 1.82) is 0 Å². The maximum absolute atomic E-state index is 6.30. The monoisotopic (exact) mass is 553 g/mol. The van der Waals surface area contributed by atoms with Crippen LogP contribution in [0.2, 0.25) is 0 Å². The van der Waals surface area contributed by atoms with E-state index in [2.05, 4.69) is 115 Å². The lowest BCUT2D eigenvalue weighted by molar-refractivity contribution is 0.668. The fraction of sp³-hybridized carbons (Fsp3) is 0.0256. The van der Waals surface area contributed by atoms with Gasteiger partial charge in [0, 0.05) is 21.9 Å². The van der Waals surface area contributed by atoms with E-state index < -0.39 is 0 Å². The number of nitrogens with zero attached hydrogens (tertiary/aromatic N) is 2. The van der Waals surface area contributed by atoms with Crippen LogP contribution >= 0.6 is 0 Å². The first-order valence-electron chi connectivity index (χ1n) is 14.5. The summed E-state index contributed by atoms with van der Waals surface area (Å²) in [6.45, 7) is 0. The summed E-state index contributed by atoms with van der Waals surface area (Å²) in [5, 5.41) is 5.77. The lowest BCUT2D eigenvalue weighted by atomic mass is 9.98. The molecule has 0 amide bonds. The topological polar surface area (TPSA) is 49.9 Å². The van der Waals surface area contributed by atoms with E-state index in [0.29, 0.717) is 5.84 Å². The average Bonchev–Trinajstić information content (AvgIpc) is 3.48. The van der Waals surface area contributed by atoms with Crippen molar-refractivity contribution in [2.75, 3.05) is 0 Å². The van der Waals surface area contributed by atoms with Crippen LogP contribution in [-0.2, 0) is 0 Å². The second-order valence-electron chi connectivity index (χ2n) is 10.7. The highest BCUT2D eigenvalue weighted by Gasteiger charge is 2.22. The molecule has 1 aliphatic rings. The Hall–Kier alpha value is -5.74. The first-order valence-corrected chi connectivity index (χ1v) is 14.5. The Morgan fingerprint density at radius 1 is 0.512 bits per heavy atom. The Morgan fingerprint density at radius 3 is 1.88 bits per heavy atom. The number of benzene rings is 6. The van der Waals surface area contributed by atoms with Crippen molar-refractivity contribution in [3.63, 3.8) is 0 Å². The molecule has 0 saturated carbocycles. The number of rotatable bonds is 5. The van der Waals surface area contributed by atoms with Gasteiger partial charge in [-0.3, -0.25) is 0 Å². The summed E-state index contributed by atoms with van der Waals surface area (Å²) >= 11 is 0. The summed E-state index contributed by atoms with van der Waals surface area (Å²) < 4.78 is 6.30. The summed E-state index contributed by atoms with van der Waals surface area (Å²) in [5.74, 6) is 1.48.